The molecule has 0 bridgehead atoms. The van der Waals surface area contributed by atoms with Gasteiger partial charge in [0.15, 0.2) is 0 Å². The van der Waals surface area contributed by atoms with E-state index in [4.69, 9.17) is 4.78 Å². The number of benzene rings is 1. The van der Waals surface area contributed by atoms with E-state index >= 15 is 0 Å². The van der Waals surface area contributed by atoms with Gasteiger partial charge in [-0.25, -0.2) is 0 Å². The molecule has 0 aromatic heterocycles. The highest BCUT2D eigenvalue weighted by Crippen LogP contribution is 2.12. The first-order chi connectivity index (χ1) is 5.61. The summed E-state index contributed by atoms with van der Waals surface area (Å²) in [7, 11) is -1.82. The van der Waals surface area contributed by atoms with Gasteiger partial charge in [-0.3, -0.25) is 10.1 Å². The molecule has 0 atom stereocenters. The van der Waals surface area contributed by atoms with Gasteiger partial charge in [0.2, 0.25) is 0 Å². The Balaban J connectivity index is 3.09. The molecule has 0 unspecified atom stereocenters. The predicted molar refractivity (Wildman–Crippen MR) is 42.1 cm³/mol. The minimum absolute atomic E-state index is 0.0656. The predicted octanol–water partition coefficient (Wildman–Crippen LogP) is 1.68. The van der Waals surface area contributed by atoms with E-state index in [0.29, 0.717) is 0 Å². The fourth-order valence-corrected chi connectivity index (χ4v) is 1.07. The third-order valence-electron chi connectivity index (χ3n) is 1.26. The molecule has 0 saturated carbocycles. The molecule has 1 rings (SSSR count). The lowest BCUT2D eigenvalue weighted by Gasteiger charge is -1.98. The number of nitro benzene ring substituents is 1. The van der Waals surface area contributed by atoms with Gasteiger partial charge in [0.25, 0.3) is 5.69 Å². The van der Waals surface area contributed by atoms with Crippen LogP contribution in [-0.2, 0) is 14.8 Å². The van der Waals surface area contributed by atoms with Gasteiger partial charge in [-0.15, -0.1) is 0 Å². The lowest BCUT2D eigenvalue weighted by atomic mass is 10.3. The summed E-state index contributed by atoms with van der Waals surface area (Å²) in [5.74, 6) is 0. The average molecular weight is 185 g/mol. The SMILES string of the molecule is N=[S-](=O)c1ccc([N+](=O)[O-])cc1. The fraction of sp³-hybridized carbons (Fsp3) is 0. The third kappa shape index (κ3) is 1.79. The van der Waals surface area contributed by atoms with E-state index in [2.05, 4.69) is 0 Å². The number of hydrogen-bond acceptors (Lipinski definition) is 5. The molecule has 6 heteroatoms. The number of non-ortho nitro benzene ring substituents is 1. The fourth-order valence-electron chi connectivity index (χ4n) is 0.691. The Hall–Kier alpha value is -1.43. The summed E-state index contributed by atoms with van der Waals surface area (Å²) in [6.07, 6.45) is 0. The molecule has 0 radical (unpaired) electrons. The standard InChI is InChI=1S/C6H5N2O3S/c7-12(11)6-3-1-5(2-4-6)8(9)10/h1-4,7H/q-1. The summed E-state index contributed by atoms with van der Waals surface area (Å²) in [6, 6.07) is 5.06. The zero-order valence-electron chi connectivity index (χ0n) is 5.89. The van der Waals surface area contributed by atoms with Gasteiger partial charge in [0.05, 0.1) is 4.92 Å². The molecule has 0 amide bonds. The molecular weight excluding hydrogens is 180 g/mol. The van der Waals surface area contributed by atoms with Crippen LogP contribution in [-0.4, -0.2) is 4.92 Å². The summed E-state index contributed by atoms with van der Waals surface area (Å²) in [6.45, 7) is 0. The second kappa shape index (κ2) is 3.31. The largest absolute Gasteiger partial charge is 0.440 e. The van der Waals surface area contributed by atoms with Crippen LogP contribution in [0.1, 0.15) is 0 Å². The van der Waals surface area contributed by atoms with Crippen molar-refractivity contribution in [1.29, 1.82) is 4.78 Å². The van der Waals surface area contributed by atoms with E-state index in [1.54, 1.807) is 0 Å². The molecule has 64 valence electrons. The topological polar surface area (TPSA) is 84.1 Å². The smallest absolute Gasteiger partial charge is 0.269 e. The lowest BCUT2D eigenvalue weighted by Crippen LogP contribution is -1.87. The van der Waals surface area contributed by atoms with Crippen molar-refractivity contribution in [3.63, 3.8) is 0 Å². The number of nitro groups is 1. The van der Waals surface area contributed by atoms with Crippen LogP contribution < -0.4 is 0 Å². The first kappa shape index (κ1) is 8.66. The zero-order valence-corrected chi connectivity index (χ0v) is 6.71. The molecule has 0 aliphatic heterocycles. The van der Waals surface area contributed by atoms with E-state index in [9.17, 15) is 14.3 Å². The molecule has 0 heterocycles. The highest BCUT2D eigenvalue weighted by molar-refractivity contribution is 7.73. The van der Waals surface area contributed by atoms with E-state index in [1.807, 2.05) is 0 Å². The molecule has 1 aromatic rings. The van der Waals surface area contributed by atoms with Crippen LogP contribution in [0.15, 0.2) is 29.2 Å². The number of hydrogen-bond donors (Lipinski definition) is 1. The van der Waals surface area contributed by atoms with Gasteiger partial charge >= 0.3 is 0 Å². The van der Waals surface area contributed by atoms with Crippen LogP contribution in [0.4, 0.5) is 5.69 Å². The van der Waals surface area contributed by atoms with Crippen molar-refractivity contribution in [1.82, 2.24) is 0 Å². The molecular formula is C6H5N2O3S-. The molecule has 12 heavy (non-hydrogen) atoms. The second-order valence-corrected chi connectivity index (χ2v) is 3.03. The van der Waals surface area contributed by atoms with Crippen molar-refractivity contribution in [3.05, 3.63) is 34.4 Å². The Labute approximate surface area is 70.2 Å². The van der Waals surface area contributed by atoms with Gasteiger partial charge in [0, 0.05) is 12.1 Å². The number of nitrogens with one attached hydrogen (secondary N) is 1. The first-order valence-electron chi connectivity index (χ1n) is 2.99. The van der Waals surface area contributed by atoms with Crippen LogP contribution in [0, 0.1) is 14.9 Å². The lowest BCUT2D eigenvalue weighted by molar-refractivity contribution is -0.384. The highest BCUT2D eigenvalue weighted by atomic mass is 32.2. The minimum atomic E-state index is -1.82. The van der Waals surface area contributed by atoms with E-state index in [1.165, 1.54) is 24.3 Å². The summed E-state index contributed by atoms with van der Waals surface area (Å²) in [4.78, 5) is 9.88. The molecule has 1 N–H and O–H groups in total. The van der Waals surface area contributed by atoms with Crippen molar-refractivity contribution in [2.45, 2.75) is 4.90 Å². The first-order valence-corrected chi connectivity index (χ1v) is 4.13. The molecule has 0 fully saturated rings. The molecule has 0 saturated heterocycles. The maximum Gasteiger partial charge on any atom is 0.269 e. The minimum Gasteiger partial charge on any atom is -0.440 e. The van der Waals surface area contributed by atoms with Crippen molar-refractivity contribution in [3.8, 4) is 0 Å². The normalized spacial score (nSPS) is 10.1. The Bertz CT molecular complexity index is 361. The zero-order chi connectivity index (χ0) is 9.14. The monoisotopic (exact) mass is 185 g/mol. The van der Waals surface area contributed by atoms with E-state index in [-0.39, 0.29) is 10.6 Å². The van der Waals surface area contributed by atoms with Crippen molar-refractivity contribution < 1.29 is 9.13 Å². The molecule has 0 spiro atoms. The molecule has 0 aliphatic carbocycles. The van der Waals surface area contributed by atoms with Crippen molar-refractivity contribution >= 4 is 16.3 Å². The van der Waals surface area contributed by atoms with Gasteiger partial charge in [-0.2, -0.15) is 10.6 Å². The van der Waals surface area contributed by atoms with Gasteiger partial charge < -0.3 is 8.99 Å². The second-order valence-electron chi connectivity index (χ2n) is 2.02. The van der Waals surface area contributed by atoms with E-state index < -0.39 is 15.5 Å². The maximum absolute atomic E-state index is 10.5. The highest BCUT2D eigenvalue weighted by Gasteiger charge is 2.00. The van der Waals surface area contributed by atoms with Crippen LogP contribution in [0.2, 0.25) is 0 Å². The maximum atomic E-state index is 10.5. The summed E-state index contributed by atoms with van der Waals surface area (Å²) >= 11 is 0. The Morgan fingerprint density at radius 3 is 2.17 bits per heavy atom. The van der Waals surface area contributed by atoms with Crippen molar-refractivity contribution in [2.24, 2.45) is 0 Å². The van der Waals surface area contributed by atoms with Crippen LogP contribution in [0.3, 0.4) is 0 Å². The average Bonchev–Trinajstić information content (AvgIpc) is 2.04. The molecule has 1 aromatic carbocycles. The van der Waals surface area contributed by atoms with Gasteiger partial charge in [-0.1, -0.05) is 17.0 Å². The Morgan fingerprint density at radius 1 is 1.33 bits per heavy atom. The summed E-state index contributed by atoms with van der Waals surface area (Å²) in [5, 5.41) is 10.2. The van der Waals surface area contributed by atoms with Crippen LogP contribution in [0.5, 0.6) is 0 Å². The summed E-state index contributed by atoms with van der Waals surface area (Å²) < 4.78 is 17.3. The third-order valence-corrected chi connectivity index (χ3v) is 1.96. The van der Waals surface area contributed by atoms with E-state index in [0.717, 1.165) is 0 Å². The molecule has 5 nitrogen and oxygen atoms in total. The Morgan fingerprint density at radius 2 is 1.83 bits per heavy atom. The number of nitrogens with zero attached hydrogens (tertiary/aromatic N) is 1. The van der Waals surface area contributed by atoms with Crippen LogP contribution >= 0.6 is 0 Å². The van der Waals surface area contributed by atoms with Gasteiger partial charge in [0.1, 0.15) is 0 Å². The van der Waals surface area contributed by atoms with Crippen LogP contribution in [0.25, 0.3) is 0 Å². The van der Waals surface area contributed by atoms with Gasteiger partial charge in [-0.05, 0) is 0 Å². The summed E-state index contributed by atoms with van der Waals surface area (Å²) in [5.41, 5.74) is -0.0656. The number of rotatable bonds is 2. The quantitative estimate of drug-likeness (QED) is 0.432. The molecule has 0 aliphatic rings. The van der Waals surface area contributed by atoms with Crippen molar-refractivity contribution in [2.75, 3.05) is 0 Å². The Kier molecular flexibility index (Phi) is 2.39.